The Hall–Kier alpha value is -1.76. The van der Waals surface area contributed by atoms with Gasteiger partial charge < -0.3 is 15.1 Å². The van der Waals surface area contributed by atoms with Gasteiger partial charge in [-0.1, -0.05) is 0 Å². The second-order valence-corrected chi connectivity index (χ2v) is 7.67. The molecule has 0 atom stereocenters. The van der Waals surface area contributed by atoms with E-state index >= 15 is 0 Å². The molecule has 1 spiro atoms. The maximum absolute atomic E-state index is 13.6. The number of carbonyl (C=O) groups excluding carboxylic acids is 1. The number of amides is 1. The molecule has 0 bridgehead atoms. The molecule has 0 aromatic heterocycles. The lowest BCUT2D eigenvalue weighted by Crippen LogP contribution is -2.52. The lowest BCUT2D eigenvalue weighted by molar-refractivity contribution is -0.138. The maximum Gasteiger partial charge on any atom is 0.416 e. The molecular formula is C18H22F3N3O. The van der Waals surface area contributed by atoms with Crippen molar-refractivity contribution in [1.82, 2.24) is 10.2 Å². The zero-order valence-corrected chi connectivity index (χ0v) is 14.4. The van der Waals surface area contributed by atoms with Crippen molar-refractivity contribution in [2.75, 3.05) is 24.5 Å². The van der Waals surface area contributed by atoms with Gasteiger partial charge in [0.05, 0.1) is 5.56 Å². The van der Waals surface area contributed by atoms with Crippen LogP contribution in [-0.4, -0.2) is 42.0 Å². The minimum Gasteiger partial charge on any atom is -0.368 e. The number of rotatable bonds is 2. The minimum absolute atomic E-state index is 0.0342. The Kier molecular flexibility index (Phi) is 3.58. The highest BCUT2D eigenvalue weighted by Gasteiger charge is 2.46. The van der Waals surface area contributed by atoms with Crippen molar-refractivity contribution in [3.63, 3.8) is 0 Å². The Morgan fingerprint density at radius 3 is 2.56 bits per heavy atom. The van der Waals surface area contributed by atoms with Gasteiger partial charge in [0, 0.05) is 49.0 Å². The molecule has 1 aromatic carbocycles. The number of fused-ring (bicyclic) bond motifs is 1. The molecule has 4 nitrogen and oxygen atoms in total. The van der Waals surface area contributed by atoms with Crippen LogP contribution < -0.4 is 10.2 Å². The molecule has 0 radical (unpaired) electrons. The highest BCUT2D eigenvalue weighted by Crippen LogP contribution is 2.43. The Morgan fingerprint density at radius 1 is 1.24 bits per heavy atom. The van der Waals surface area contributed by atoms with Crippen LogP contribution in [0.25, 0.3) is 0 Å². The third-order valence-corrected chi connectivity index (χ3v) is 5.58. The molecule has 0 unspecified atom stereocenters. The van der Waals surface area contributed by atoms with Gasteiger partial charge in [0.2, 0.25) is 0 Å². The summed E-state index contributed by atoms with van der Waals surface area (Å²) in [6.07, 6.45) is -2.35. The monoisotopic (exact) mass is 353 g/mol. The number of hydrogen-bond donors (Lipinski definition) is 1. The van der Waals surface area contributed by atoms with Crippen LogP contribution in [0, 0.1) is 0 Å². The summed E-state index contributed by atoms with van der Waals surface area (Å²) in [6.45, 7) is 5.79. The maximum atomic E-state index is 13.6. The molecular weight excluding hydrogens is 331 g/mol. The topological polar surface area (TPSA) is 35.6 Å². The van der Waals surface area contributed by atoms with Crippen molar-refractivity contribution in [3.05, 3.63) is 28.8 Å². The summed E-state index contributed by atoms with van der Waals surface area (Å²) in [5, 5.41) is 3.46. The Labute approximate surface area is 145 Å². The molecule has 136 valence electrons. The summed E-state index contributed by atoms with van der Waals surface area (Å²) >= 11 is 0. The molecule has 1 saturated heterocycles. The van der Waals surface area contributed by atoms with Crippen LogP contribution in [0.3, 0.4) is 0 Å². The first-order valence-corrected chi connectivity index (χ1v) is 8.75. The van der Waals surface area contributed by atoms with Crippen LogP contribution in [0.1, 0.15) is 48.2 Å². The lowest BCUT2D eigenvalue weighted by atomic mass is 10.00. The fraction of sp³-hybridized carbons (Fsp3) is 0.611. The van der Waals surface area contributed by atoms with Gasteiger partial charge in [-0.05, 0) is 44.4 Å². The highest BCUT2D eigenvalue weighted by molar-refractivity contribution is 6.00. The molecule has 1 saturated carbocycles. The zero-order valence-electron chi connectivity index (χ0n) is 14.4. The van der Waals surface area contributed by atoms with E-state index in [0.717, 1.165) is 19.4 Å². The van der Waals surface area contributed by atoms with Crippen molar-refractivity contribution in [2.45, 2.75) is 51.0 Å². The number of nitrogens with one attached hydrogen (secondary N) is 1. The SMILES string of the molecule is CC(C)N1Cc2c(cc(N3CCNC4(CC4)C3)cc2C(F)(F)F)C1=O. The number of halogens is 3. The fourth-order valence-electron chi connectivity index (χ4n) is 3.93. The van der Waals surface area contributed by atoms with Gasteiger partial charge in [0.15, 0.2) is 0 Å². The molecule has 4 rings (SSSR count). The smallest absolute Gasteiger partial charge is 0.368 e. The Bertz CT molecular complexity index is 725. The van der Waals surface area contributed by atoms with Crippen molar-refractivity contribution >= 4 is 11.6 Å². The molecule has 1 aliphatic carbocycles. The van der Waals surface area contributed by atoms with Crippen molar-refractivity contribution < 1.29 is 18.0 Å². The van der Waals surface area contributed by atoms with E-state index in [1.807, 2.05) is 18.7 Å². The molecule has 1 amide bonds. The second-order valence-electron chi connectivity index (χ2n) is 7.67. The second kappa shape index (κ2) is 5.37. The first-order valence-electron chi connectivity index (χ1n) is 8.75. The lowest BCUT2D eigenvalue weighted by Gasteiger charge is -2.36. The molecule has 7 heteroatoms. The van der Waals surface area contributed by atoms with Gasteiger partial charge in [-0.3, -0.25) is 4.79 Å². The molecule has 2 heterocycles. The number of nitrogens with zero attached hydrogens (tertiary/aromatic N) is 2. The zero-order chi connectivity index (χ0) is 18.0. The standard InChI is InChI=1S/C18H22F3N3O/c1-11(2)24-9-14-13(16(24)25)7-12(8-15(14)18(19,20)21)23-6-5-22-17(10-23)3-4-17/h7-8,11,22H,3-6,9-10H2,1-2H3. The molecule has 1 aromatic rings. The summed E-state index contributed by atoms with van der Waals surface area (Å²) in [7, 11) is 0. The summed E-state index contributed by atoms with van der Waals surface area (Å²) in [5.41, 5.74) is 0.231. The van der Waals surface area contributed by atoms with Gasteiger partial charge in [-0.15, -0.1) is 0 Å². The number of anilines is 1. The van der Waals surface area contributed by atoms with Gasteiger partial charge >= 0.3 is 6.18 Å². The number of hydrogen-bond acceptors (Lipinski definition) is 3. The highest BCUT2D eigenvalue weighted by atomic mass is 19.4. The normalized spacial score (nSPS) is 22.1. The van der Waals surface area contributed by atoms with E-state index in [2.05, 4.69) is 5.32 Å². The molecule has 1 N–H and O–H groups in total. The first-order chi connectivity index (χ1) is 11.7. The quantitative estimate of drug-likeness (QED) is 0.888. The number of carbonyl (C=O) groups is 1. The van der Waals surface area contributed by atoms with Crippen LogP contribution >= 0.6 is 0 Å². The van der Waals surface area contributed by atoms with E-state index in [9.17, 15) is 18.0 Å². The van der Waals surface area contributed by atoms with Crippen LogP contribution in [0.2, 0.25) is 0 Å². The number of alkyl halides is 3. The summed E-state index contributed by atoms with van der Waals surface area (Å²) in [4.78, 5) is 16.1. The van der Waals surface area contributed by atoms with E-state index in [0.29, 0.717) is 18.8 Å². The largest absolute Gasteiger partial charge is 0.416 e. The van der Waals surface area contributed by atoms with Crippen molar-refractivity contribution in [3.8, 4) is 0 Å². The third-order valence-electron chi connectivity index (χ3n) is 5.58. The predicted octanol–water partition coefficient (Wildman–Crippen LogP) is 3.01. The Balaban J connectivity index is 1.76. The predicted molar refractivity (Wildman–Crippen MR) is 88.6 cm³/mol. The van der Waals surface area contributed by atoms with Gasteiger partial charge in [0.1, 0.15) is 0 Å². The van der Waals surface area contributed by atoms with E-state index < -0.39 is 11.7 Å². The molecule has 25 heavy (non-hydrogen) atoms. The fourth-order valence-corrected chi connectivity index (χ4v) is 3.93. The van der Waals surface area contributed by atoms with Gasteiger partial charge in [-0.25, -0.2) is 0 Å². The Morgan fingerprint density at radius 2 is 1.96 bits per heavy atom. The van der Waals surface area contributed by atoms with E-state index in [4.69, 9.17) is 0 Å². The van der Waals surface area contributed by atoms with Crippen molar-refractivity contribution in [2.24, 2.45) is 0 Å². The van der Waals surface area contributed by atoms with Crippen LogP contribution in [0.15, 0.2) is 12.1 Å². The van der Waals surface area contributed by atoms with E-state index in [1.54, 1.807) is 6.07 Å². The van der Waals surface area contributed by atoms with Crippen LogP contribution in [0.4, 0.5) is 18.9 Å². The third kappa shape index (κ3) is 2.78. The number of benzene rings is 1. The van der Waals surface area contributed by atoms with Crippen LogP contribution in [0.5, 0.6) is 0 Å². The average molecular weight is 353 g/mol. The minimum atomic E-state index is -4.46. The van der Waals surface area contributed by atoms with E-state index in [-0.39, 0.29) is 35.2 Å². The molecule has 3 aliphatic rings. The summed E-state index contributed by atoms with van der Waals surface area (Å²) < 4.78 is 40.9. The number of piperazine rings is 1. The van der Waals surface area contributed by atoms with Gasteiger partial charge in [0.25, 0.3) is 5.91 Å². The first kappa shape index (κ1) is 16.7. The molecule has 2 aliphatic heterocycles. The van der Waals surface area contributed by atoms with E-state index in [1.165, 1.54) is 11.0 Å². The van der Waals surface area contributed by atoms with Crippen molar-refractivity contribution in [1.29, 1.82) is 0 Å². The van der Waals surface area contributed by atoms with Crippen LogP contribution in [-0.2, 0) is 12.7 Å². The summed E-state index contributed by atoms with van der Waals surface area (Å²) in [6, 6.07) is 2.77. The van der Waals surface area contributed by atoms with Gasteiger partial charge in [-0.2, -0.15) is 13.2 Å². The summed E-state index contributed by atoms with van der Waals surface area (Å²) in [5.74, 6) is -0.298. The average Bonchev–Trinajstić information content (AvgIpc) is 3.19. The molecule has 2 fully saturated rings.